The molecule has 1 aromatic rings. The Bertz CT molecular complexity index is 455. The van der Waals surface area contributed by atoms with E-state index < -0.39 is 0 Å². The lowest BCUT2D eigenvalue weighted by Gasteiger charge is -2.36. The van der Waals surface area contributed by atoms with Gasteiger partial charge in [0.2, 0.25) is 0 Å². The van der Waals surface area contributed by atoms with Gasteiger partial charge in [-0.3, -0.25) is 4.90 Å². The maximum absolute atomic E-state index is 9.49. The fourth-order valence-corrected chi connectivity index (χ4v) is 3.28. The lowest BCUT2D eigenvalue weighted by Crippen LogP contribution is -2.41. The quantitative estimate of drug-likeness (QED) is 0.856. The van der Waals surface area contributed by atoms with Crippen LogP contribution in [0.25, 0.3) is 0 Å². The Morgan fingerprint density at radius 2 is 2.00 bits per heavy atom. The third-order valence-corrected chi connectivity index (χ3v) is 4.56. The number of fused-ring (bicyclic) bond motifs is 1. The molecular weight excluding hydrogens is 240 g/mol. The average Bonchev–Trinajstić information content (AvgIpc) is 2.81. The minimum Gasteiger partial charge on any atom is -0.508 e. The topological polar surface area (TPSA) is 58.7 Å². The number of likely N-dealkylation sites (N-methyl/N-ethyl adjacent to an activating group) is 1. The van der Waals surface area contributed by atoms with E-state index in [1.807, 2.05) is 6.07 Å². The van der Waals surface area contributed by atoms with Crippen LogP contribution in [0.4, 0.5) is 0 Å². The number of hydrogen-bond acceptors (Lipinski definition) is 4. The summed E-state index contributed by atoms with van der Waals surface area (Å²) in [5.41, 5.74) is 7.16. The number of ether oxygens (including phenoxy) is 1. The lowest BCUT2D eigenvalue weighted by atomic mass is 9.90. The predicted molar refractivity (Wildman–Crippen MR) is 74.3 cm³/mol. The summed E-state index contributed by atoms with van der Waals surface area (Å²) in [6, 6.07) is 6.70. The van der Waals surface area contributed by atoms with Crippen LogP contribution < -0.4 is 10.5 Å². The van der Waals surface area contributed by atoms with Gasteiger partial charge < -0.3 is 15.6 Å². The van der Waals surface area contributed by atoms with Crippen molar-refractivity contribution in [2.45, 2.75) is 43.8 Å². The molecule has 1 saturated carbocycles. The normalized spacial score (nSPS) is 30.2. The molecule has 1 unspecified atom stereocenters. The summed E-state index contributed by atoms with van der Waals surface area (Å²) in [7, 11) is 2.18. The van der Waals surface area contributed by atoms with Crippen LogP contribution >= 0.6 is 0 Å². The molecule has 1 atom stereocenters. The zero-order chi connectivity index (χ0) is 13.4. The predicted octanol–water partition coefficient (Wildman–Crippen LogP) is 2.03. The van der Waals surface area contributed by atoms with Crippen LogP contribution in [0.2, 0.25) is 0 Å². The van der Waals surface area contributed by atoms with E-state index in [1.165, 1.54) is 18.4 Å². The number of benzene rings is 1. The fraction of sp³-hybridized carbons (Fsp3) is 0.600. The van der Waals surface area contributed by atoms with Crippen molar-refractivity contribution in [1.29, 1.82) is 0 Å². The van der Waals surface area contributed by atoms with Gasteiger partial charge in [-0.05, 0) is 44.9 Å². The molecule has 104 valence electrons. The molecule has 0 saturated heterocycles. The van der Waals surface area contributed by atoms with E-state index in [0.717, 1.165) is 18.6 Å². The highest BCUT2D eigenvalue weighted by atomic mass is 16.5. The third-order valence-electron chi connectivity index (χ3n) is 4.56. The van der Waals surface area contributed by atoms with Crippen molar-refractivity contribution in [3.63, 3.8) is 0 Å². The Balaban J connectivity index is 1.74. The van der Waals surface area contributed by atoms with E-state index in [1.54, 1.807) is 12.1 Å². The Morgan fingerprint density at radius 3 is 2.74 bits per heavy atom. The van der Waals surface area contributed by atoms with E-state index in [-0.39, 0.29) is 5.75 Å². The first-order valence-electron chi connectivity index (χ1n) is 7.08. The van der Waals surface area contributed by atoms with Crippen LogP contribution in [0.3, 0.4) is 0 Å². The zero-order valence-corrected chi connectivity index (χ0v) is 11.4. The molecule has 1 aliphatic heterocycles. The number of hydrogen-bond donors (Lipinski definition) is 2. The number of aromatic hydroxyl groups is 1. The molecule has 2 aliphatic rings. The SMILES string of the molecule is CN(C1CCC(N)CC1)C1COc2cc(O)ccc21. The van der Waals surface area contributed by atoms with Gasteiger partial charge >= 0.3 is 0 Å². The van der Waals surface area contributed by atoms with Gasteiger partial charge in [0.25, 0.3) is 0 Å². The van der Waals surface area contributed by atoms with E-state index in [9.17, 15) is 5.11 Å². The molecule has 0 radical (unpaired) electrons. The molecule has 3 rings (SSSR count). The largest absolute Gasteiger partial charge is 0.508 e. The third kappa shape index (κ3) is 2.42. The maximum Gasteiger partial charge on any atom is 0.127 e. The number of nitrogens with two attached hydrogens (primary N) is 1. The number of rotatable bonds is 2. The molecule has 1 aliphatic carbocycles. The molecule has 4 nitrogen and oxygen atoms in total. The second-order valence-electron chi connectivity index (χ2n) is 5.78. The fourth-order valence-electron chi connectivity index (χ4n) is 3.28. The molecule has 0 amide bonds. The van der Waals surface area contributed by atoms with Crippen molar-refractivity contribution in [3.05, 3.63) is 23.8 Å². The molecule has 0 aromatic heterocycles. The number of phenolic OH excluding ortho intramolecular Hbond substituents is 1. The Labute approximate surface area is 114 Å². The van der Waals surface area contributed by atoms with Gasteiger partial charge in [-0.2, -0.15) is 0 Å². The summed E-state index contributed by atoms with van der Waals surface area (Å²) in [5, 5.41) is 9.49. The van der Waals surface area contributed by atoms with Gasteiger partial charge in [-0.1, -0.05) is 0 Å². The molecule has 1 heterocycles. The van der Waals surface area contributed by atoms with Crippen molar-refractivity contribution in [1.82, 2.24) is 4.90 Å². The van der Waals surface area contributed by atoms with E-state index in [2.05, 4.69) is 11.9 Å². The molecule has 0 bridgehead atoms. The summed E-state index contributed by atoms with van der Waals surface area (Å²) in [6.45, 7) is 0.678. The van der Waals surface area contributed by atoms with Crippen LogP contribution in [0.15, 0.2) is 18.2 Å². The van der Waals surface area contributed by atoms with E-state index in [0.29, 0.717) is 24.7 Å². The molecule has 1 fully saturated rings. The van der Waals surface area contributed by atoms with Crippen molar-refractivity contribution < 1.29 is 9.84 Å². The second kappa shape index (κ2) is 5.02. The minimum absolute atomic E-state index is 0.269. The number of nitrogens with zero attached hydrogens (tertiary/aromatic N) is 1. The summed E-state index contributed by atoms with van der Waals surface area (Å²) in [5.74, 6) is 1.09. The van der Waals surface area contributed by atoms with Crippen LogP contribution in [0, 0.1) is 0 Å². The Morgan fingerprint density at radius 1 is 1.26 bits per heavy atom. The van der Waals surface area contributed by atoms with Gasteiger partial charge in [0, 0.05) is 23.7 Å². The molecule has 0 spiro atoms. The van der Waals surface area contributed by atoms with Gasteiger partial charge in [-0.15, -0.1) is 0 Å². The number of phenols is 1. The first-order valence-corrected chi connectivity index (χ1v) is 7.08. The van der Waals surface area contributed by atoms with Gasteiger partial charge in [0.15, 0.2) is 0 Å². The van der Waals surface area contributed by atoms with Crippen LogP contribution in [0.1, 0.15) is 37.3 Å². The standard InChI is InChI=1S/C15H22N2O2/c1-17(11-4-2-10(16)3-5-11)14-9-19-15-8-12(18)6-7-13(14)15/h6-8,10-11,14,18H,2-5,9,16H2,1H3. The van der Waals surface area contributed by atoms with E-state index in [4.69, 9.17) is 10.5 Å². The molecule has 4 heteroatoms. The van der Waals surface area contributed by atoms with Crippen LogP contribution in [0.5, 0.6) is 11.5 Å². The zero-order valence-electron chi connectivity index (χ0n) is 11.4. The summed E-state index contributed by atoms with van der Waals surface area (Å²) >= 11 is 0. The first kappa shape index (κ1) is 12.8. The molecule has 3 N–H and O–H groups in total. The highest BCUT2D eigenvalue weighted by molar-refractivity contribution is 5.44. The summed E-state index contributed by atoms with van der Waals surface area (Å²) in [6.07, 6.45) is 4.57. The van der Waals surface area contributed by atoms with Crippen molar-refractivity contribution in [3.8, 4) is 11.5 Å². The molecule has 19 heavy (non-hydrogen) atoms. The van der Waals surface area contributed by atoms with Crippen molar-refractivity contribution in [2.75, 3.05) is 13.7 Å². The molecule has 1 aromatic carbocycles. The monoisotopic (exact) mass is 262 g/mol. The summed E-state index contributed by atoms with van der Waals surface area (Å²) < 4.78 is 5.70. The maximum atomic E-state index is 9.49. The molecular formula is C15H22N2O2. The average molecular weight is 262 g/mol. The van der Waals surface area contributed by atoms with Crippen LogP contribution in [-0.2, 0) is 0 Å². The smallest absolute Gasteiger partial charge is 0.127 e. The van der Waals surface area contributed by atoms with Gasteiger partial charge in [0.1, 0.15) is 18.1 Å². The lowest BCUT2D eigenvalue weighted by molar-refractivity contribution is 0.114. The van der Waals surface area contributed by atoms with Gasteiger partial charge in [-0.25, -0.2) is 0 Å². The second-order valence-corrected chi connectivity index (χ2v) is 5.78. The summed E-state index contributed by atoms with van der Waals surface area (Å²) in [4.78, 5) is 2.43. The first-order chi connectivity index (χ1) is 9.15. The van der Waals surface area contributed by atoms with Crippen molar-refractivity contribution in [2.24, 2.45) is 5.73 Å². The van der Waals surface area contributed by atoms with Crippen LogP contribution in [-0.4, -0.2) is 35.7 Å². The minimum atomic E-state index is 0.269. The van der Waals surface area contributed by atoms with Gasteiger partial charge in [0.05, 0.1) is 6.04 Å². The Hall–Kier alpha value is -1.26. The van der Waals surface area contributed by atoms with Crippen molar-refractivity contribution >= 4 is 0 Å². The highest BCUT2D eigenvalue weighted by Crippen LogP contribution is 2.39. The highest BCUT2D eigenvalue weighted by Gasteiger charge is 2.33. The Kier molecular flexibility index (Phi) is 3.37. The van der Waals surface area contributed by atoms with E-state index >= 15 is 0 Å².